The van der Waals surface area contributed by atoms with Gasteiger partial charge in [0.15, 0.2) is 10.3 Å². The molecule has 2 aromatic heterocycles. The highest BCUT2D eigenvalue weighted by atomic mass is 32.1. The molecule has 0 spiro atoms. The lowest BCUT2D eigenvalue weighted by molar-refractivity contribution is -0.117. The van der Waals surface area contributed by atoms with Crippen molar-refractivity contribution in [1.29, 1.82) is 0 Å². The molecular weight excluding hydrogens is 925 g/mol. The summed E-state index contributed by atoms with van der Waals surface area (Å²) in [4.78, 5) is 46.9. The van der Waals surface area contributed by atoms with E-state index in [2.05, 4.69) is 95.9 Å². The molecule has 11 nitrogen and oxygen atoms in total. The molecule has 6 aliphatic rings. The lowest BCUT2D eigenvalue weighted by atomic mass is 9.53. The number of nitrogens with one attached hydrogen (secondary N) is 2. The molecule has 4 saturated carbocycles. The monoisotopic (exact) mass is 1000 g/mol. The molecule has 0 aliphatic heterocycles. The zero-order valence-electron chi connectivity index (χ0n) is 44.3. The Labute approximate surface area is 431 Å². The Morgan fingerprint density at radius 2 is 1.21 bits per heavy atom. The Balaban J connectivity index is 0.000000186. The van der Waals surface area contributed by atoms with Gasteiger partial charge in [-0.2, -0.15) is 0 Å². The van der Waals surface area contributed by atoms with Gasteiger partial charge in [0.2, 0.25) is 11.8 Å². The number of aromatic nitrogens is 2. The summed E-state index contributed by atoms with van der Waals surface area (Å²) in [6.45, 7) is 19.3. The number of amides is 2. The van der Waals surface area contributed by atoms with Crippen molar-refractivity contribution in [1.82, 2.24) is 9.97 Å². The van der Waals surface area contributed by atoms with E-state index >= 15 is 0 Å². The minimum Gasteiger partial charge on any atom is -0.508 e. The molecule has 13 heteroatoms. The number of hydrogen-bond donors (Lipinski definition) is 3. The quantitative estimate of drug-likeness (QED) is 0.134. The molecule has 10 rings (SSSR count). The molecule has 384 valence electrons. The number of carbonyl (C=O) groups excluding carboxylic acids is 2. The van der Waals surface area contributed by atoms with Crippen LogP contribution in [0.15, 0.2) is 59.1 Å². The van der Waals surface area contributed by atoms with Gasteiger partial charge in [-0.3, -0.25) is 9.59 Å². The topological polar surface area (TPSA) is 147 Å². The number of thiazole rings is 2. The average molecular weight is 1010 g/mol. The molecule has 2 heterocycles. The molecule has 2 aromatic carbocycles. The van der Waals surface area contributed by atoms with Gasteiger partial charge in [-0.1, -0.05) is 89.1 Å². The number of anilines is 2. The number of aryl methyl sites for hydroxylation is 4. The first-order valence-corrected chi connectivity index (χ1v) is 28.2. The molecule has 0 saturated heterocycles. The van der Waals surface area contributed by atoms with Crippen molar-refractivity contribution in [3.63, 3.8) is 0 Å². The molecule has 6 aliphatic carbocycles. The maximum absolute atomic E-state index is 12.8. The molecule has 3 N–H and O–H groups in total. The average Bonchev–Trinajstić information content (AvgIpc) is 4.10. The zero-order chi connectivity index (χ0) is 50.8. The molecule has 10 atom stereocenters. The second-order valence-corrected chi connectivity index (χ2v) is 25.2. The van der Waals surface area contributed by atoms with Gasteiger partial charge < -0.3 is 25.4 Å². The van der Waals surface area contributed by atoms with Crippen LogP contribution >= 0.6 is 22.7 Å². The summed E-state index contributed by atoms with van der Waals surface area (Å²) < 4.78 is 0. The smallest absolute Gasteiger partial charge is 0.226 e. The van der Waals surface area contributed by atoms with E-state index < -0.39 is 0 Å². The van der Waals surface area contributed by atoms with E-state index in [0.29, 0.717) is 76.2 Å². The predicted octanol–water partition coefficient (Wildman–Crippen LogP) is 13.9. The van der Waals surface area contributed by atoms with Crippen molar-refractivity contribution in [2.75, 3.05) is 24.9 Å². The standard InChI is InChI=1S/C30H41N3O3S.C26H33N3O2S.C2H6/c1-17-16-31-28(37-17)32-26(35)10-8-19-14-25(33-36-6)30(5)12-11-20-21(27(19)30)9-7-18-13-24(34)23(15-22(18)20)29(2,3)4;1-16-15-27-25(32-16)28-23(30)11-9-18-14-22(29-31-3)26(2)13-12-20-19-7-5-4-6-17(19)8-10-21(20)24(18)26;1-2/h13,15-16,19-21,27,34H,7-12,14H2,1-6H3,(H,31,32,35);4-7,15,18,20-21,24H,8-14H2,1-3H3,(H,27,28,30);1-2H3/b33-25+;29-22+;. The Morgan fingerprint density at radius 3 is 1.68 bits per heavy atom. The minimum absolute atomic E-state index is 0.00597. The number of nitrogens with zero attached hydrogens (tertiary/aromatic N) is 4. The lowest BCUT2D eigenvalue weighted by Crippen LogP contribution is -2.44. The summed E-state index contributed by atoms with van der Waals surface area (Å²) in [5, 5.41) is 27.2. The fraction of sp³-hybridized carbons (Fsp3) is 0.621. The van der Waals surface area contributed by atoms with Crippen LogP contribution in [0.5, 0.6) is 5.75 Å². The molecule has 10 unspecified atom stereocenters. The van der Waals surface area contributed by atoms with Gasteiger partial charge >= 0.3 is 0 Å². The maximum atomic E-state index is 12.8. The van der Waals surface area contributed by atoms with Crippen LogP contribution in [0.1, 0.15) is 175 Å². The van der Waals surface area contributed by atoms with E-state index in [9.17, 15) is 14.7 Å². The van der Waals surface area contributed by atoms with Gasteiger partial charge in [0, 0.05) is 45.8 Å². The van der Waals surface area contributed by atoms with Crippen molar-refractivity contribution in [2.24, 2.45) is 56.6 Å². The van der Waals surface area contributed by atoms with Crippen molar-refractivity contribution in [3.8, 4) is 5.75 Å². The summed E-state index contributed by atoms with van der Waals surface area (Å²) in [5.41, 5.74) is 9.26. The minimum atomic E-state index is -0.104. The second kappa shape index (κ2) is 21.8. The van der Waals surface area contributed by atoms with Crippen LogP contribution in [-0.4, -0.2) is 52.5 Å². The van der Waals surface area contributed by atoms with Gasteiger partial charge in [-0.25, -0.2) is 9.97 Å². The number of hydrogen-bond acceptors (Lipinski definition) is 11. The van der Waals surface area contributed by atoms with Crippen LogP contribution in [0, 0.1) is 60.2 Å². The fourth-order valence-electron chi connectivity index (χ4n) is 14.7. The van der Waals surface area contributed by atoms with Crippen LogP contribution in [-0.2, 0) is 37.5 Å². The van der Waals surface area contributed by atoms with Crippen molar-refractivity contribution < 1.29 is 24.4 Å². The van der Waals surface area contributed by atoms with Gasteiger partial charge in [0.25, 0.3) is 0 Å². The van der Waals surface area contributed by atoms with E-state index in [4.69, 9.17) is 9.68 Å². The summed E-state index contributed by atoms with van der Waals surface area (Å²) in [7, 11) is 3.30. The summed E-state index contributed by atoms with van der Waals surface area (Å²) in [6, 6.07) is 13.4. The summed E-state index contributed by atoms with van der Waals surface area (Å²) in [5.74, 6) is 4.75. The van der Waals surface area contributed by atoms with Crippen molar-refractivity contribution >= 4 is 56.2 Å². The first kappa shape index (κ1) is 52.7. The SMILES string of the molecule is CC.CO/N=C1\CC(CCC(=O)Nc2ncc(C)s2)C2C3CCc4cc(O)c(C(C)(C)C)cc4C3CCC12C.CO/N=C1\CC(CCC(=O)Nc2ncc(C)s2)C2C3CCc4ccccc4C3CCC12C. The predicted molar refractivity (Wildman–Crippen MR) is 290 cm³/mol. The lowest BCUT2D eigenvalue weighted by Gasteiger charge is -2.50. The molecule has 0 radical (unpaired) electrons. The summed E-state index contributed by atoms with van der Waals surface area (Å²) in [6.07, 6.45) is 17.3. The molecule has 2 amide bonds. The van der Waals surface area contributed by atoms with Crippen LogP contribution in [0.4, 0.5) is 10.3 Å². The normalized spacial score (nSPS) is 30.2. The number of carbonyl (C=O) groups is 2. The second-order valence-electron chi connectivity index (χ2n) is 22.7. The maximum Gasteiger partial charge on any atom is 0.226 e. The van der Waals surface area contributed by atoms with Crippen LogP contribution in [0.3, 0.4) is 0 Å². The number of rotatable bonds is 10. The van der Waals surface area contributed by atoms with E-state index in [1.807, 2.05) is 33.8 Å². The molecule has 4 fully saturated rings. The van der Waals surface area contributed by atoms with Crippen molar-refractivity contribution in [2.45, 2.75) is 169 Å². The van der Waals surface area contributed by atoms with E-state index in [1.165, 1.54) is 63.6 Å². The van der Waals surface area contributed by atoms with E-state index in [0.717, 1.165) is 79.5 Å². The van der Waals surface area contributed by atoms with Crippen molar-refractivity contribution in [3.05, 3.63) is 86.4 Å². The van der Waals surface area contributed by atoms with Crippen LogP contribution in [0.25, 0.3) is 0 Å². The third-order valence-corrected chi connectivity index (χ3v) is 19.3. The highest BCUT2D eigenvalue weighted by molar-refractivity contribution is 7.16. The highest BCUT2D eigenvalue weighted by Gasteiger charge is 2.59. The molecule has 71 heavy (non-hydrogen) atoms. The van der Waals surface area contributed by atoms with E-state index in [1.54, 1.807) is 32.2 Å². The van der Waals surface area contributed by atoms with Gasteiger partial charge in [-0.05, 0) is 178 Å². The molecule has 0 bridgehead atoms. The van der Waals surface area contributed by atoms with E-state index in [-0.39, 0.29) is 28.1 Å². The number of fused-ring (bicyclic) bond motifs is 10. The first-order valence-electron chi connectivity index (χ1n) is 26.6. The largest absolute Gasteiger partial charge is 0.508 e. The van der Waals surface area contributed by atoms with Gasteiger partial charge in [0.05, 0.1) is 11.4 Å². The molecular formula is C58H80N6O5S2. The molecule has 4 aromatic rings. The number of phenols is 1. The third kappa shape index (κ3) is 10.7. The number of oxime groups is 2. The Bertz CT molecular complexity index is 2600. The van der Waals surface area contributed by atoms with Gasteiger partial charge in [-0.15, -0.1) is 22.7 Å². The number of phenolic OH excluding ortho intramolecular Hbond substituents is 1. The zero-order valence-corrected chi connectivity index (χ0v) is 46.0. The Kier molecular flexibility index (Phi) is 16.2. The Hall–Kier alpha value is -4.62. The first-order chi connectivity index (χ1) is 34.0. The fourth-order valence-corrected chi connectivity index (χ4v) is 16.1. The van der Waals surface area contributed by atoms with Crippen LogP contribution in [0.2, 0.25) is 0 Å². The Morgan fingerprint density at radius 1 is 0.732 bits per heavy atom. The van der Waals surface area contributed by atoms with Gasteiger partial charge in [0.1, 0.15) is 20.0 Å². The number of benzene rings is 2. The highest BCUT2D eigenvalue weighted by Crippen LogP contribution is 2.64. The summed E-state index contributed by atoms with van der Waals surface area (Å²) >= 11 is 3.04. The number of aromatic hydroxyl groups is 1. The van der Waals surface area contributed by atoms with Crippen LogP contribution < -0.4 is 10.6 Å². The third-order valence-electron chi connectivity index (χ3n) is 17.7.